The van der Waals surface area contributed by atoms with Crippen molar-refractivity contribution in [2.45, 2.75) is 13.3 Å². The first-order chi connectivity index (χ1) is 9.29. The van der Waals surface area contributed by atoms with E-state index in [0.717, 1.165) is 28.7 Å². The van der Waals surface area contributed by atoms with Crippen LogP contribution in [0.25, 0.3) is 10.9 Å². The molecule has 0 fully saturated rings. The summed E-state index contributed by atoms with van der Waals surface area (Å²) in [6, 6.07) is 8.10. The van der Waals surface area contributed by atoms with Gasteiger partial charge in [0.1, 0.15) is 0 Å². The quantitative estimate of drug-likeness (QED) is 0.568. The van der Waals surface area contributed by atoms with E-state index in [4.69, 9.17) is 12.2 Å². The van der Waals surface area contributed by atoms with E-state index in [1.54, 1.807) is 10.9 Å². The number of aromatic nitrogens is 4. The normalized spacial score (nSPS) is 11.6. The number of H-pyrrole nitrogens is 2. The lowest BCUT2D eigenvalue weighted by molar-refractivity contribution is 0.780. The first-order valence-electron chi connectivity index (χ1n) is 6.06. The largest absolute Gasteiger partial charge is 0.361 e. The standard InChI is InChI=1S/C13H13N5S/c1-2-12-16-17-13(19)18(12)15-8-9-7-14-11-6-4-3-5-10(9)11/h3-8,14H,2H2,1H3,(H,17,19). The van der Waals surface area contributed by atoms with Crippen LogP contribution in [0, 0.1) is 4.77 Å². The van der Waals surface area contributed by atoms with Gasteiger partial charge in [0.15, 0.2) is 5.82 Å². The highest BCUT2D eigenvalue weighted by atomic mass is 32.1. The minimum Gasteiger partial charge on any atom is -0.361 e. The fraction of sp³-hybridized carbons (Fsp3) is 0.154. The molecule has 0 aliphatic carbocycles. The summed E-state index contributed by atoms with van der Waals surface area (Å²) < 4.78 is 2.16. The highest BCUT2D eigenvalue weighted by Crippen LogP contribution is 2.15. The Hall–Kier alpha value is -2.21. The molecule has 0 saturated heterocycles. The average Bonchev–Trinajstić information content (AvgIpc) is 3.00. The summed E-state index contributed by atoms with van der Waals surface area (Å²) in [4.78, 5) is 3.21. The number of benzene rings is 1. The molecule has 0 aliphatic heterocycles. The summed E-state index contributed by atoms with van der Waals surface area (Å²) >= 11 is 5.15. The van der Waals surface area contributed by atoms with E-state index >= 15 is 0 Å². The van der Waals surface area contributed by atoms with Crippen LogP contribution in [-0.2, 0) is 6.42 Å². The first kappa shape index (κ1) is 11.9. The molecular weight excluding hydrogens is 258 g/mol. The highest BCUT2D eigenvalue weighted by molar-refractivity contribution is 7.71. The van der Waals surface area contributed by atoms with Crippen molar-refractivity contribution in [2.24, 2.45) is 5.10 Å². The lowest BCUT2D eigenvalue weighted by atomic mass is 10.2. The van der Waals surface area contributed by atoms with E-state index in [0.29, 0.717) is 4.77 Å². The average molecular weight is 271 g/mol. The van der Waals surface area contributed by atoms with Crippen LogP contribution < -0.4 is 0 Å². The van der Waals surface area contributed by atoms with E-state index in [2.05, 4.69) is 26.3 Å². The van der Waals surface area contributed by atoms with Crippen LogP contribution >= 0.6 is 12.2 Å². The Kier molecular flexibility index (Phi) is 3.00. The number of rotatable bonds is 3. The number of nitrogens with one attached hydrogen (secondary N) is 2. The molecule has 3 rings (SSSR count). The third kappa shape index (κ3) is 2.10. The monoisotopic (exact) mass is 271 g/mol. The zero-order chi connectivity index (χ0) is 13.2. The Morgan fingerprint density at radius 2 is 2.26 bits per heavy atom. The van der Waals surface area contributed by atoms with E-state index in [9.17, 15) is 0 Å². The van der Waals surface area contributed by atoms with Crippen molar-refractivity contribution >= 4 is 29.3 Å². The van der Waals surface area contributed by atoms with Gasteiger partial charge in [0.2, 0.25) is 4.77 Å². The molecule has 5 nitrogen and oxygen atoms in total. The summed E-state index contributed by atoms with van der Waals surface area (Å²) in [6.07, 6.45) is 4.51. The molecule has 19 heavy (non-hydrogen) atoms. The molecule has 0 aliphatic rings. The molecule has 6 heteroatoms. The Balaban J connectivity index is 2.03. The second-order valence-electron chi connectivity index (χ2n) is 4.14. The molecule has 2 N–H and O–H groups in total. The van der Waals surface area contributed by atoms with Gasteiger partial charge >= 0.3 is 0 Å². The molecule has 0 bridgehead atoms. The molecule has 2 aromatic heterocycles. The van der Waals surface area contributed by atoms with Gasteiger partial charge in [-0.2, -0.15) is 14.9 Å². The smallest absolute Gasteiger partial charge is 0.216 e. The van der Waals surface area contributed by atoms with Crippen molar-refractivity contribution in [1.29, 1.82) is 0 Å². The molecule has 3 aromatic rings. The number of hydrogen-bond acceptors (Lipinski definition) is 3. The Morgan fingerprint density at radius 1 is 1.42 bits per heavy atom. The number of fused-ring (bicyclic) bond motifs is 1. The number of aromatic amines is 2. The number of aryl methyl sites for hydroxylation is 1. The van der Waals surface area contributed by atoms with E-state index in [-0.39, 0.29) is 0 Å². The summed E-state index contributed by atoms with van der Waals surface area (Å²) in [7, 11) is 0. The third-order valence-electron chi connectivity index (χ3n) is 2.97. The zero-order valence-corrected chi connectivity index (χ0v) is 11.2. The SMILES string of the molecule is CCc1n[nH]c(=S)n1N=Cc1c[nH]c2ccccc12. The van der Waals surface area contributed by atoms with Gasteiger partial charge in [-0.05, 0) is 18.3 Å². The summed E-state index contributed by atoms with van der Waals surface area (Å²) in [5, 5.41) is 12.4. The van der Waals surface area contributed by atoms with Gasteiger partial charge < -0.3 is 4.98 Å². The molecule has 0 unspecified atom stereocenters. The molecule has 0 saturated carbocycles. The second-order valence-corrected chi connectivity index (χ2v) is 4.53. The Labute approximate surface area is 115 Å². The lowest BCUT2D eigenvalue weighted by Crippen LogP contribution is -1.97. The topological polar surface area (TPSA) is 61.8 Å². The van der Waals surface area contributed by atoms with Crippen LogP contribution in [0.15, 0.2) is 35.6 Å². The molecule has 96 valence electrons. The molecule has 0 atom stereocenters. The Morgan fingerprint density at radius 3 is 3.11 bits per heavy atom. The molecule has 0 amide bonds. The number of hydrogen-bond donors (Lipinski definition) is 2. The number of nitrogens with zero attached hydrogens (tertiary/aromatic N) is 3. The predicted octanol–water partition coefficient (Wildman–Crippen LogP) is 2.87. The van der Waals surface area contributed by atoms with Crippen LogP contribution in [0.1, 0.15) is 18.3 Å². The van der Waals surface area contributed by atoms with Crippen LogP contribution in [0.5, 0.6) is 0 Å². The van der Waals surface area contributed by atoms with Crippen molar-refractivity contribution in [3.63, 3.8) is 0 Å². The third-order valence-corrected chi connectivity index (χ3v) is 3.23. The second kappa shape index (κ2) is 4.81. The molecule has 1 aromatic carbocycles. The van der Waals surface area contributed by atoms with Gasteiger partial charge in [-0.1, -0.05) is 25.1 Å². The van der Waals surface area contributed by atoms with E-state index in [1.165, 1.54) is 0 Å². The zero-order valence-electron chi connectivity index (χ0n) is 10.4. The van der Waals surface area contributed by atoms with Crippen molar-refractivity contribution in [2.75, 3.05) is 0 Å². The van der Waals surface area contributed by atoms with Gasteiger partial charge in [0.05, 0.1) is 6.21 Å². The fourth-order valence-corrected chi connectivity index (χ4v) is 2.19. The minimum atomic E-state index is 0.507. The van der Waals surface area contributed by atoms with Gasteiger partial charge in [-0.3, -0.25) is 5.10 Å². The molecule has 0 radical (unpaired) electrons. The Bertz CT molecular complexity index is 793. The van der Waals surface area contributed by atoms with Crippen LogP contribution in [0.4, 0.5) is 0 Å². The molecule has 0 spiro atoms. The van der Waals surface area contributed by atoms with Gasteiger partial charge in [0, 0.05) is 29.1 Å². The van der Waals surface area contributed by atoms with Crippen LogP contribution in [0.2, 0.25) is 0 Å². The van der Waals surface area contributed by atoms with Crippen molar-refractivity contribution in [3.8, 4) is 0 Å². The maximum Gasteiger partial charge on any atom is 0.216 e. The van der Waals surface area contributed by atoms with Gasteiger partial charge in [0.25, 0.3) is 0 Å². The summed E-state index contributed by atoms with van der Waals surface area (Å²) in [5.41, 5.74) is 2.12. The minimum absolute atomic E-state index is 0.507. The van der Waals surface area contributed by atoms with E-state index in [1.807, 2.05) is 31.3 Å². The van der Waals surface area contributed by atoms with Crippen molar-refractivity contribution < 1.29 is 0 Å². The first-order valence-corrected chi connectivity index (χ1v) is 6.47. The predicted molar refractivity (Wildman–Crippen MR) is 78.1 cm³/mol. The molecular formula is C13H13N5S. The van der Waals surface area contributed by atoms with Crippen LogP contribution in [-0.4, -0.2) is 26.1 Å². The number of para-hydroxylation sites is 1. The highest BCUT2D eigenvalue weighted by Gasteiger charge is 2.03. The maximum atomic E-state index is 5.15. The van der Waals surface area contributed by atoms with Crippen molar-refractivity contribution in [1.82, 2.24) is 19.9 Å². The molecule has 2 heterocycles. The summed E-state index contributed by atoms with van der Waals surface area (Å²) in [5.74, 6) is 0.820. The van der Waals surface area contributed by atoms with E-state index < -0.39 is 0 Å². The fourth-order valence-electron chi connectivity index (χ4n) is 1.99. The van der Waals surface area contributed by atoms with Crippen molar-refractivity contribution in [3.05, 3.63) is 46.6 Å². The van der Waals surface area contributed by atoms with Gasteiger partial charge in [-0.25, -0.2) is 0 Å². The van der Waals surface area contributed by atoms with Gasteiger partial charge in [-0.15, -0.1) is 0 Å². The lowest BCUT2D eigenvalue weighted by Gasteiger charge is -1.96. The van der Waals surface area contributed by atoms with Crippen LogP contribution in [0.3, 0.4) is 0 Å². The summed E-state index contributed by atoms with van der Waals surface area (Å²) in [6.45, 7) is 2.02. The maximum absolute atomic E-state index is 5.15.